The Morgan fingerprint density at radius 3 is 1.13 bits per heavy atom. The van der Waals surface area contributed by atoms with Crippen molar-refractivity contribution in [1.29, 1.82) is 0 Å². The molecule has 490 valence electrons. The molecule has 0 radical (unpaired) electrons. The number of unbranched alkanes of at least 4 members (excludes halogenated alkanes) is 35. The van der Waals surface area contributed by atoms with Gasteiger partial charge in [-0.05, 0) is 96.3 Å². The average Bonchev–Trinajstić information content (AvgIpc) is 3.66. The summed E-state index contributed by atoms with van der Waals surface area (Å²) in [5, 5.41) is 54.7. The number of aliphatic hydroxyl groups is 5. The Balaban J connectivity index is 2.12. The zero-order chi connectivity index (χ0) is 61.4. The normalized spacial score (nSPS) is 18.8. The molecule has 7 atom stereocenters. The molecular formula is C76H133NO8. The Kier molecular flexibility index (Phi) is 60.0. The van der Waals surface area contributed by atoms with Crippen molar-refractivity contribution in [2.45, 2.75) is 352 Å². The zero-order valence-electron chi connectivity index (χ0n) is 54.8. The summed E-state index contributed by atoms with van der Waals surface area (Å²) in [7, 11) is 0. The number of aliphatic hydroxyl groups excluding tert-OH is 5. The van der Waals surface area contributed by atoms with Crippen molar-refractivity contribution in [3.63, 3.8) is 0 Å². The van der Waals surface area contributed by atoms with E-state index in [0.717, 1.165) is 83.5 Å². The lowest BCUT2D eigenvalue weighted by molar-refractivity contribution is -0.302. The molecule has 0 aromatic heterocycles. The second-order valence-corrected chi connectivity index (χ2v) is 24.3. The molecule has 85 heavy (non-hydrogen) atoms. The highest BCUT2D eigenvalue weighted by Crippen LogP contribution is 2.23. The average molecular weight is 1190 g/mol. The maximum atomic E-state index is 13.1. The number of ether oxygens (including phenoxy) is 2. The molecule has 1 rings (SSSR count). The molecule has 9 nitrogen and oxygen atoms in total. The van der Waals surface area contributed by atoms with Gasteiger partial charge < -0.3 is 40.3 Å². The SMILES string of the molecule is CC/C=C\C/C=C\C/C=C\C/C=C\C/C=C\C/C=C\CCCCCCCCCCCCCCCCCCCCCCC(=O)NC(COC1OC(CO)C(O)C(O)C1O)C(O)/C=C/CC/C=C/CC/C=C/CCCCCCCCCCCCCCC. The molecule has 1 aliphatic heterocycles. The Hall–Kier alpha value is -3.15. The summed E-state index contributed by atoms with van der Waals surface area (Å²) in [4.78, 5) is 13.1. The van der Waals surface area contributed by atoms with Gasteiger partial charge in [0.05, 0.1) is 25.4 Å². The summed E-state index contributed by atoms with van der Waals surface area (Å²) >= 11 is 0. The zero-order valence-corrected chi connectivity index (χ0v) is 54.8. The molecule has 0 aliphatic carbocycles. The smallest absolute Gasteiger partial charge is 0.220 e. The highest BCUT2D eigenvalue weighted by Gasteiger charge is 2.44. The van der Waals surface area contributed by atoms with Crippen LogP contribution in [0.5, 0.6) is 0 Å². The van der Waals surface area contributed by atoms with E-state index in [1.807, 2.05) is 6.08 Å². The number of hydrogen-bond donors (Lipinski definition) is 6. The predicted octanol–water partition coefficient (Wildman–Crippen LogP) is 19.6. The molecule has 1 heterocycles. The van der Waals surface area contributed by atoms with E-state index in [4.69, 9.17) is 9.47 Å². The van der Waals surface area contributed by atoms with Crippen LogP contribution < -0.4 is 5.32 Å². The van der Waals surface area contributed by atoms with Crippen LogP contribution in [0.1, 0.15) is 309 Å². The van der Waals surface area contributed by atoms with Gasteiger partial charge in [-0.15, -0.1) is 0 Å². The first kappa shape index (κ1) is 79.9. The van der Waals surface area contributed by atoms with Crippen LogP contribution in [0.2, 0.25) is 0 Å². The number of hydrogen-bond acceptors (Lipinski definition) is 8. The summed E-state index contributed by atoms with van der Waals surface area (Å²) in [6.07, 6.45) is 87.7. The van der Waals surface area contributed by atoms with Gasteiger partial charge in [0, 0.05) is 6.42 Å². The number of carbonyl (C=O) groups is 1. The van der Waals surface area contributed by atoms with E-state index >= 15 is 0 Å². The van der Waals surface area contributed by atoms with Crippen molar-refractivity contribution < 1.29 is 39.8 Å². The fourth-order valence-electron chi connectivity index (χ4n) is 10.8. The Labute approximate surface area is 523 Å². The van der Waals surface area contributed by atoms with Crippen LogP contribution in [0.4, 0.5) is 0 Å². The van der Waals surface area contributed by atoms with Crippen LogP contribution >= 0.6 is 0 Å². The van der Waals surface area contributed by atoms with Gasteiger partial charge >= 0.3 is 0 Å². The molecule has 1 saturated heterocycles. The van der Waals surface area contributed by atoms with Crippen LogP contribution in [-0.4, -0.2) is 87.5 Å². The van der Waals surface area contributed by atoms with Crippen molar-refractivity contribution in [2.24, 2.45) is 0 Å². The van der Waals surface area contributed by atoms with Gasteiger partial charge in [-0.2, -0.15) is 0 Å². The van der Waals surface area contributed by atoms with Crippen LogP contribution in [0.15, 0.2) is 109 Å². The second kappa shape index (κ2) is 63.9. The van der Waals surface area contributed by atoms with Crippen LogP contribution in [0.3, 0.4) is 0 Å². The number of carbonyl (C=O) groups excluding carboxylic acids is 1. The first-order chi connectivity index (χ1) is 41.8. The van der Waals surface area contributed by atoms with E-state index in [9.17, 15) is 30.3 Å². The first-order valence-corrected chi connectivity index (χ1v) is 35.6. The van der Waals surface area contributed by atoms with E-state index in [2.05, 4.69) is 116 Å². The lowest BCUT2D eigenvalue weighted by Crippen LogP contribution is -2.60. The maximum absolute atomic E-state index is 13.1. The molecule has 1 aliphatic rings. The fourth-order valence-corrected chi connectivity index (χ4v) is 10.8. The van der Waals surface area contributed by atoms with Crippen LogP contribution in [0.25, 0.3) is 0 Å². The molecular weight excluding hydrogens is 1050 g/mol. The molecule has 0 saturated carbocycles. The number of allylic oxidation sites excluding steroid dienone is 17. The van der Waals surface area contributed by atoms with E-state index in [1.165, 1.54) is 205 Å². The third kappa shape index (κ3) is 52.5. The molecule has 6 N–H and O–H groups in total. The highest BCUT2D eigenvalue weighted by atomic mass is 16.7. The standard InChI is InChI=1S/C76H133NO8/c1-3-5-7-9-11-13-15-17-19-21-23-25-27-28-29-30-31-32-33-34-35-36-37-38-39-40-41-42-44-46-48-50-52-54-56-58-60-62-64-66-72(80)77-69(68-84-76-75(83)74(82)73(81)71(67-78)85-76)70(79)65-63-61-59-57-55-53-51-49-47-45-43-26-24-22-20-18-16-14-12-10-8-6-4-2/h5,7,11,13,17,19,23,25,28-29,31-32,47,49,55,57,63,65,69-71,73-76,78-79,81-83H,3-4,6,8-10,12,14-16,18,20-22,24,26-27,30,33-46,48,50-54,56,58-62,64,66-68H2,1-2H3,(H,77,80)/b7-5-,13-11-,19-17-,25-23-,29-28-,32-31-,49-47+,57-55+,65-63+. The van der Waals surface area contributed by atoms with Gasteiger partial charge in [0.2, 0.25) is 5.91 Å². The van der Waals surface area contributed by atoms with Gasteiger partial charge in [-0.1, -0.05) is 316 Å². The summed E-state index contributed by atoms with van der Waals surface area (Å²) in [5.74, 6) is -0.189. The number of rotatable bonds is 61. The monoisotopic (exact) mass is 1190 g/mol. The molecule has 1 amide bonds. The molecule has 7 unspecified atom stereocenters. The van der Waals surface area contributed by atoms with Crippen LogP contribution in [-0.2, 0) is 14.3 Å². The topological polar surface area (TPSA) is 149 Å². The summed E-state index contributed by atoms with van der Waals surface area (Å²) in [5.41, 5.74) is 0. The highest BCUT2D eigenvalue weighted by molar-refractivity contribution is 5.76. The number of amides is 1. The second-order valence-electron chi connectivity index (χ2n) is 24.3. The third-order valence-corrected chi connectivity index (χ3v) is 16.3. The van der Waals surface area contributed by atoms with E-state index in [1.54, 1.807) is 6.08 Å². The van der Waals surface area contributed by atoms with Crippen LogP contribution in [0, 0.1) is 0 Å². The van der Waals surface area contributed by atoms with E-state index in [-0.39, 0.29) is 12.5 Å². The maximum Gasteiger partial charge on any atom is 0.220 e. The molecule has 0 aromatic carbocycles. The fraction of sp³-hybridized carbons (Fsp3) is 0.750. The lowest BCUT2D eigenvalue weighted by atomic mass is 9.99. The van der Waals surface area contributed by atoms with Gasteiger partial charge in [0.25, 0.3) is 0 Å². The van der Waals surface area contributed by atoms with Crippen molar-refractivity contribution in [1.82, 2.24) is 5.32 Å². The molecule has 0 bridgehead atoms. The lowest BCUT2D eigenvalue weighted by Gasteiger charge is -2.40. The van der Waals surface area contributed by atoms with Crippen molar-refractivity contribution >= 4 is 5.91 Å². The Bertz CT molecular complexity index is 1710. The van der Waals surface area contributed by atoms with Gasteiger partial charge in [0.15, 0.2) is 6.29 Å². The summed E-state index contributed by atoms with van der Waals surface area (Å²) in [6, 6.07) is -0.833. The molecule has 9 heteroatoms. The third-order valence-electron chi connectivity index (χ3n) is 16.3. The first-order valence-electron chi connectivity index (χ1n) is 35.6. The van der Waals surface area contributed by atoms with Gasteiger partial charge in [-0.25, -0.2) is 0 Å². The number of nitrogens with one attached hydrogen (secondary N) is 1. The van der Waals surface area contributed by atoms with Crippen molar-refractivity contribution in [3.05, 3.63) is 109 Å². The largest absolute Gasteiger partial charge is 0.394 e. The summed E-state index contributed by atoms with van der Waals surface area (Å²) in [6.45, 7) is 3.67. The predicted molar refractivity (Wildman–Crippen MR) is 364 cm³/mol. The minimum absolute atomic E-state index is 0.189. The van der Waals surface area contributed by atoms with Gasteiger partial charge in [0.1, 0.15) is 24.4 Å². The molecule has 0 aromatic rings. The van der Waals surface area contributed by atoms with Gasteiger partial charge in [-0.3, -0.25) is 4.79 Å². The van der Waals surface area contributed by atoms with Crippen molar-refractivity contribution in [2.75, 3.05) is 13.2 Å². The van der Waals surface area contributed by atoms with Crippen molar-refractivity contribution in [3.8, 4) is 0 Å². The molecule has 1 fully saturated rings. The minimum atomic E-state index is -1.58. The minimum Gasteiger partial charge on any atom is -0.394 e. The summed E-state index contributed by atoms with van der Waals surface area (Å²) < 4.78 is 11.3. The molecule has 0 spiro atoms. The Morgan fingerprint density at radius 2 is 0.741 bits per heavy atom. The van der Waals surface area contributed by atoms with E-state index in [0.29, 0.717) is 6.42 Å². The van der Waals surface area contributed by atoms with E-state index < -0.39 is 49.5 Å². The Morgan fingerprint density at radius 1 is 0.412 bits per heavy atom. The quantitative estimate of drug-likeness (QED) is 0.0261.